The minimum absolute atomic E-state index is 0.289. The second-order valence-corrected chi connectivity index (χ2v) is 5.56. The molecular formula is C15H23FN2O. The molecule has 1 saturated heterocycles. The van der Waals surface area contributed by atoms with Gasteiger partial charge in [-0.1, -0.05) is 0 Å². The summed E-state index contributed by atoms with van der Waals surface area (Å²) in [6.07, 6.45) is 1.56. The highest BCUT2D eigenvalue weighted by Crippen LogP contribution is 2.30. The molecule has 0 aromatic heterocycles. The first-order chi connectivity index (χ1) is 8.99. The molecule has 1 fully saturated rings. The zero-order chi connectivity index (χ0) is 14.0. The largest absolute Gasteiger partial charge is 0.389 e. The zero-order valence-electron chi connectivity index (χ0n) is 11.9. The van der Waals surface area contributed by atoms with Crippen LogP contribution < -0.4 is 4.90 Å². The molecule has 0 radical (unpaired) electrons. The third-order valence-corrected chi connectivity index (χ3v) is 3.98. The molecule has 2 rings (SSSR count). The van der Waals surface area contributed by atoms with Crippen molar-refractivity contribution in [2.24, 2.45) is 0 Å². The number of hydrogen-bond acceptors (Lipinski definition) is 3. The number of piperidine rings is 1. The second-order valence-electron chi connectivity index (χ2n) is 5.56. The normalized spacial score (nSPS) is 18.9. The summed E-state index contributed by atoms with van der Waals surface area (Å²) in [5.74, 6) is -0.289. The smallest absolute Gasteiger partial charge is 0.123 e. The maximum atomic E-state index is 13.3. The van der Waals surface area contributed by atoms with Crippen molar-refractivity contribution in [3.05, 3.63) is 29.6 Å². The molecular weight excluding hydrogens is 243 g/mol. The van der Waals surface area contributed by atoms with Crippen molar-refractivity contribution < 1.29 is 9.50 Å². The van der Waals surface area contributed by atoms with Crippen LogP contribution >= 0.6 is 0 Å². The maximum Gasteiger partial charge on any atom is 0.123 e. The lowest BCUT2D eigenvalue weighted by atomic mass is 10.0. The van der Waals surface area contributed by atoms with Gasteiger partial charge in [0.1, 0.15) is 5.82 Å². The Hall–Kier alpha value is -1.13. The van der Waals surface area contributed by atoms with E-state index < -0.39 is 6.10 Å². The fraction of sp³-hybridized carbons (Fsp3) is 0.600. The van der Waals surface area contributed by atoms with E-state index in [1.807, 2.05) is 0 Å². The van der Waals surface area contributed by atoms with Crippen molar-refractivity contribution in [1.29, 1.82) is 0 Å². The minimum atomic E-state index is -0.641. The van der Waals surface area contributed by atoms with Gasteiger partial charge in [-0.25, -0.2) is 4.39 Å². The molecule has 3 nitrogen and oxygen atoms in total. The van der Waals surface area contributed by atoms with Gasteiger partial charge < -0.3 is 14.9 Å². The summed E-state index contributed by atoms with van der Waals surface area (Å²) < 4.78 is 13.3. The molecule has 1 N–H and O–H groups in total. The van der Waals surface area contributed by atoms with Gasteiger partial charge in [0.15, 0.2) is 0 Å². The van der Waals surface area contributed by atoms with E-state index in [0.29, 0.717) is 11.6 Å². The van der Waals surface area contributed by atoms with Crippen molar-refractivity contribution in [3.8, 4) is 0 Å². The molecule has 0 spiro atoms. The van der Waals surface area contributed by atoms with E-state index >= 15 is 0 Å². The van der Waals surface area contributed by atoms with E-state index in [1.54, 1.807) is 13.0 Å². The van der Waals surface area contributed by atoms with Gasteiger partial charge in [0, 0.05) is 30.4 Å². The van der Waals surface area contributed by atoms with E-state index in [9.17, 15) is 9.50 Å². The second kappa shape index (κ2) is 5.88. The van der Waals surface area contributed by atoms with Gasteiger partial charge in [-0.3, -0.25) is 0 Å². The highest BCUT2D eigenvalue weighted by molar-refractivity contribution is 5.55. The highest BCUT2D eigenvalue weighted by Gasteiger charge is 2.23. The Balaban J connectivity index is 2.15. The van der Waals surface area contributed by atoms with Crippen molar-refractivity contribution in [2.75, 3.05) is 32.1 Å². The molecule has 1 aliphatic heterocycles. The first kappa shape index (κ1) is 14.3. The lowest BCUT2D eigenvalue weighted by Crippen LogP contribution is -2.42. The van der Waals surface area contributed by atoms with Crippen LogP contribution in [-0.4, -0.2) is 43.2 Å². The van der Waals surface area contributed by atoms with Crippen molar-refractivity contribution in [3.63, 3.8) is 0 Å². The molecule has 1 atom stereocenters. The van der Waals surface area contributed by atoms with Crippen LogP contribution in [0.4, 0.5) is 10.1 Å². The van der Waals surface area contributed by atoms with E-state index in [2.05, 4.69) is 23.9 Å². The van der Waals surface area contributed by atoms with Gasteiger partial charge in [0.25, 0.3) is 0 Å². The first-order valence-electron chi connectivity index (χ1n) is 6.88. The lowest BCUT2D eigenvalue weighted by Gasteiger charge is -2.37. The predicted octanol–water partition coefficient (Wildman–Crippen LogP) is 2.41. The van der Waals surface area contributed by atoms with Crippen LogP contribution in [-0.2, 0) is 0 Å². The average molecular weight is 266 g/mol. The quantitative estimate of drug-likeness (QED) is 0.910. The molecule has 19 heavy (non-hydrogen) atoms. The van der Waals surface area contributed by atoms with Gasteiger partial charge in [0.05, 0.1) is 6.10 Å². The number of rotatable bonds is 3. The third kappa shape index (κ3) is 3.25. The van der Waals surface area contributed by atoms with E-state index in [4.69, 9.17) is 0 Å². The molecule has 4 heteroatoms. The zero-order valence-corrected chi connectivity index (χ0v) is 11.9. The lowest BCUT2D eigenvalue weighted by molar-refractivity contribution is 0.198. The fourth-order valence-corrected chi connectivity index (χ4v) is 2.77. The molecule has 1 aliphatic rings. The summed E-state index contributed by atoms with van der Waals surface area (Å²) in [7, 11) is 4.22. The Morgan fingerprint density at radius 1 is 1.32 bits per heavy atom. The van der Waals surface area contributed by atoms with E-state index in [-0.39, 0.29) is 5.82 Å². The Morgan fingerprint density at radius 2 is 1.95 bits per heavy atom. The number of aliphatic hydroxyl groups is 1. The van der Waals surface area contributed by atoms with Crippen LogP contribution in [0.2, 0.25) is 0 Å². The third-order valence-electron chi connectivity index (χ3n) is 3.98. The van der Waals surface area contributed by atoms with E-state index in [0.717, 1.165) is 31.6 Å². The highest BCUT2D eigenvalue weighted by atomic mass is 19.1. The summed E-state index contributed by atoms with van der Waals surface area (Å²) in [6, 6.07) is 5.32. The first-order valence-corrected chi connectivity index (χ1v) is 6.88. The number of nitrogens with zero attached hydrogens (tertiary/aromatic N) is 2. The van der Waals surface area contributed by atoms with Gasteiger partial charge >= 0.3 is 0 Å². The molecule has 0 amide bonds. The number of halogens is 1. The van der Waals surface area contributed by atoms with Crippen LogP contribution in [0.15, 0.2) is 18.2 Å². The molecule has 0 saturated carbocycles. The molecule has 1 heterocycles. The van der Waals surface area contributed by atoms with Gasteiger partial charge in [-0.2, -0.15) is 0 Å². The van der Waals surface area contributed by atoms with Crippen molar-refractivity contribution in [2.45, 2.75) is 31.9 Å². The van der Waals surface area contributed by atoms with Crippen molar-refractivity contribution in [1.82, 2.24) is 4.90 Å². The fourth-order valence-electron chi connectivity index (χ4n) is 2.77. The average Bonchev–Trinajstić information content (AvgIpc) is 2.38. The van der Waals surface area contributed by atoms with Crippen LogP contribution in [0.5, 0.6) is 0 Å². The Morgan fingerprint density at radius 3 is 2.47 bits per heavy atom. The summed E-state index contributed by atoms with van der Waals surface area (Å²) in [5, 5.41) is 9.80. The van der Waals surface area contributed by atoms with Crippen molar-refractivity contribution >= 4 is 5.69 Å². The molecule has 0 bridgehead atoms. The minimum Gasteiger partial charge on any atom is -0.389 e. The summed E-state index contributed by atoms with van der Waals surface area (Å²) >= 11 is 0. The number of anilines is 1. The van der Waals surface area contributed by atoms with Crippen LogP contribution in [0.3, 0.4) is 0 Å². The van der Waals surface area contributed by atoms with Gasteiger partial charge in [-0.05, 0) is 52.1 Å². The van der Waals surface area contributed by atoms with Gasteiger partial charge in [0.2, 0.25) is 0 Å². The standard InChI is InChI=1S/C15H23FN2O/c1-11(19)14-10-12(16)4-5-15(14)18-8-6-13(7-9-18)17(2)3/h4-5,10-11,13,19H,6-9H2,1-3H3. The molecule has 1 aromatic carbocycles. The maximum absolute atomic E-state index is 13.3. The summed E-state index contributed by atoms with van der Waals surface area (Å²) in [6.45, 7) is 3.59. The summed E-state index contributed by atoms with van der Waals surface area (Å²) in [4.78, 5) is 4.51. The number of aliphatic hydroxyl groups excluding tert-OH is 1. The molecule has 106 valence electrons. The van der Waals surface area contributed by atoms with Crippen LogP contribution in [0.1, 0.15) is 31.4 Å². The van der Waals surface area contributed by atoms with Crippen LogP contribution in [0, 0.1) is 5.82 Å². The number of hydrogen-bond donors (Lipinski definition) is 1. The SMILES string of the molecule is CC(O)c1cc(F)ccc1N1CCC(N(C)C)CC1. The Labute approximate surface area is 114 Å². The molecule has 1 unspecified atom stereocenters. The Kier molecular flexibility index (Phi) is 4.42. The molecule has 1 aromatic rings. The number of benzene rings is 1. The monoisotopic (exact) mass is 266 g/mol. The van der Waals surface area contributed by atoms with Gasteiger partial charge in [-0.15, -0.1) is 0 Å². The molecule has 0 aliphatic carbocycles. The predicted molar refractivity (Wildman–Crippen MR) is 76.0 cm³/mol. The van der Waals surface area contributed by atoms with E-state index in [1.165, 1.54) is 12.1 Å². The van der Waals surface area contributed by atoms with Crippen LogP contribution in [0.25, 0.3) is 0 Å². The topological polar surface area (TPSA) is 26.7 Å². The summed E-state index contributed by atoms with van der Waals surface area (Å²) in [5.41, 5.74) is 1.65. The Bertz CT molecular complexity index is 426.